The summed E-state index contributed by atoms with van der Waals surface area (Å²) in [7, 11) is 1.79. The van der Waals surface area contributed by atoms with Gasteiger partial charge in [0, 0.05) is 32.3 Å². The van der Waals surface area contributed by atoms with Crippen LogP contribution in [0, 0.1) is 0 Å². The minimum absolute atomic E-state index is 0.618. The van der Waals surface area contributed by atoms with E-state index in [-0.39, 0.29) is 0 Å². The van der Waals surface area contributed by atoms with Crippen molar-refractivity contribution < 1.29 is 4.74 Å². The van der Waals surface area contributed by atoms with Gasteiger partial charge in [0.15, 0.2) is 0 Å². The van der Waals surface area contributed by atoms with Crippen molar-refractivity contribution in [1.29, 1.82) is 0 Å². The number of hydrogen-bond acceptors (Lipinski definition) is 3. The molecule has 1 saturated heterocycles. The van der Waals surface area contributed by atoms with Crippen LogP contribution in [0.15, 0.2) is 0 Å². The number of likely N-dealkylation sites (N-methyl/N-ethyl adjacent to an activating group) is 1. The molecule has 2 atom stereocenters. The normalized spacial score (nSPS) is 24.6. The first-order chi connectivity index (χ1) is 7.79. The molecule has 0 aliphatic carbocycles. The smallest absolute Gasteiger partial charge is 0.0474 e. The minimum atomic E-state index is 0.618. The third kappa shape index (κ3) is 4.40. The summed E-state index contributed by atoms with van der Waals surface area (Å²) in [4.78, 5) is 2.65. The zero-order valence-electron chi connectivity index (χ0n) is 11.2. The second-order valence-corrected chi connectivity index (χ2v) is 4.79. The average Bonchev–Trinajstić information content (AvgIpc) is 2.30. The number of piperidine rings is 1. The molecule has 0 spiro atoms. The van der Waals surface area contributed by atoms with Gasteiger partial charge in [-0.2, -0.15) is 0 Å². The monoisotopic (exact) mass is 228 g/mol. The first kappa shape index (κ1) is 13.9. The molecule has 0 saturated carbocycles. The van der Waals surface area contributed by atoms with Crippen LogP contribution in [-0.4, -0.2) is 50.3 Å². The highest BCUT2D eigenvalue weighted by Crippen LogP contribution is 2.19. The molecule has 0 amide bonds. The van der Waals surface area contributed by atoms with Crippen LogP contribution in [0.25, 0.3) is 0 Å². The molecule has 1 fully saturated rings. The van der Waals surface area contributed by atoms with Crippen LogP contribution >= 0.6 is 0 Å². The number of rotatable bonds is 7. The predicted molar refractivity (Wildman–Crippen MR) is 68.8 cm³/mol. The Bertz CT molecular complexity index is 175. The van der Waals surface area contributed by atoms with E-state index < -0.39 is 0 Å². The van der Waals surface area contributed by atoms with E-state index >= 15 is 0 Å². The molecular weight excluding hydrogens is 200 g/mol. The third-order valence-electron chi connectivity index (χ3n) is 3.56. The molecule has 1 N–H and O–H groups in total. The van der Waals surface area contributed by atoms with Crippen LogP contribution in [0.3, 0.4) is 0 Å². The van der Waals surface area contributed by atoms with Gasteiger partial charge in [-0.15, -0.1) is 0 Å². The lowest BCUT2D eigenvalue weighted by atomic mass is 9.96. The van der Waals surface area contributed by atoms with Crippen molar-refractivity contribution in [2.45, 2.75) is 51.6 Å². The van der Waals surface area contributed by atoms with Gasteiger partial charge in [-0.3, -0.25) is 4.90 Å². The fourth-order valence-electron chi connectivity index (χ4n) is 2.73. The van der Waals surface area contributed by atoms with E-state index in [0.29, 0.717) is 6.04 Å². The summed E-state index contributed by atoms with van der Waals surface area (Å²) in [5, 5.41) is 3.56. The molecule has 0 bridgehead atoms. The molecule has 1 heterocycles. The second kappa shape index (κ2) is 8.04. The maximum absolute atomic E-state index is 5.13. The average molecular weight is 228 g/mol. The summed E-state index contributed by atoms with van der Waals surface area (Å²) < 4.78 is 5.13. The van der Waals surface area contributed by atoms with E-state index in [1.807, 2.05) is 0 Å². The van der Waals surface area contributed by atoms with Gasteiger partial charge in [0.05, 0.1) is 0 Å². The number of nitrogens with zero attached hydrogens (tertiary/aromatic N) is 1. The minimum Gasteiger partial charge on any atom is -0.385 e. The Morgan fingerprint density at radius 1 is 1.44 bits per heavy atom. The fourth-order valence-corrected chi connectivity index (χ4v) is 2.73. The Morgan fingerprint density at radius 2 is 2.25 bits per heavy atom. The van der Waals surface area contributed by atoms with Crippen LogP contribution in [-0.2, 0) is 4.74 Å². The summed E-state index contributed by atoms with van der Waals surface area (Å²) >= 11 is 0. The summed E-state index contributed by atoms with van der Waals surface area (Å²) in [5.41, 5.74) is 0. The maximum atomic E-state index is 5.13. The van der Waals surface area contributed by atoms with E-state index in [1.165, 1.54) is 32.4 Å². The van der Waals surface area contributed by atoms with Gasteiger partial charge in [-0.1, -0.05) is 13.3 Å². The molecule has 0 radical (unpaired) electrons. The lowest BCUT2D eigenvalue weighted by molar-refractivity contribution is 0.102. The molecule has 0 aromatic rings. The molecule has 16 heavy (non-hydrogen) atoms. The molecule has 1 aliphatic heterocycles. The number of ether oxygens (including phenoxy) is 1. The first-order valence-corrected chi connectivity index (χ1v) is 6.76. The van der Waals surface area contributed by atoms with Gasteiger partial charge in [-0.25, -0.2) is 0 Å². The van der Waals surface area contributed by atoms with Crippen molar-refractivity contribution in [3.05, 3.63) is 0 Å². The van der Waals surface area contributed by atoms with E-state index in [9.17, 15) is 0 Å². The van der Waals surface area contributed by atoms with Crippen molar-refractivity contribution in [1.82, 2.24) is 10.2 Å². The van der Waals surface area contributed by atoms with Gasteiger partial charge in [0.25, 0.3) is 0 Å². The summed E-state index contributed by atoms with van der Waals surface area (Å²) in [6, 6.07) is 1.35. The Balaban J connectivity index is 2.36. The van der Waals surface area contributed by atoms with E-state index in [1.54, 1.807) is 7.11 Å². The largest absolute Gasteiger partial charge is 0.385 e. The number of hydrogen-bond donors (Lipinski definition) is 1. The quantitative estimate of drug-likeness (QED) is 0.673. The molecular formula is C13H28N2O. The van der Waals surface area contributed by atoms with Gasteiger partial charge < -0.3 is 10.1 Å². The number of methoxy groups -OCH3 is 1. The van der Waals surface area contributed by atoms with Crippen LogP contribution in [0.1, 0.15) is 39.5 Å². The topological polar surface area (TPSA) is 24.5 Å². The molecule has 1 aliphatic rings. The van der Waals surface area contributed by atoms with Gasteiger partial charge >= 0.3 is 0 Å². The number of nitrogens with one attached hydrogen (secondary N) is 1. The highest BCUT2D eigenvalue weighted by molar-refractivity contribution is 4.84. The Hall–Kier alpha value is -0.120. The number of likely N-dealkylation sites (tertiary alicyclic amines) is 1. The van der Waals surface area contributed by atoms with Gasteiger partial charge in [0.1, 0.15) is 0 Å². The van der Waals surface area contributed by atoms with Crippen molar-refractivity contribution in [2.75, 3.05) is 33.4 Å². The molecule has 0 aromatic heterocycles. The molecule has 3 heteroatoms. The zero-order valence-corrected chi connectivity index (χ0v) is 11.2. The van der Waals surface area contributed by atoms with Crippen molar-refractivity contribution >= 4 is 0 Å². The lowest BCUT2D eigenvalue weighted by Crippen LogP contribution is -2.51. The molecule has 0 aromatic carbocycles. The summed E-state index contributed by atoms with van der Waals surface area (Å²) in [6.07, 6.45) is 5.26. The van der Waals surface area contributed by atoms with Crippen LogP contribution in [0.2, 0.25) is 0 Å². The van der Waals surface area contributed by atoms with Crippen LogP contribution in [0.4, 0.5) is 0 Å². The standard InChI is InChI=1S/C13H28N2O/c1-4-14-12(2)13-8-5-6-9-15(13)10-7-11-16-3/h12-14H,4-11H2,1-3H3. The van der Waals surface area contributed by atoms with Gasteiger partial charge in [-0.05, 0) is 39.3 Å². The highest BCUT2D eigenvalue weighted by Gasteiger charge is 2.26. The van der Waals surface area contributed by atoms with E-state index in [0.717, 1.165) is 25.6 Å². The SMILES string of the molecule is CCNC(C)C1CCCCN1CCCOC. The lowest BCUT2D eigenvalue weighted by Gasteiger charge is -2.39. The van der Waals surface area contributed by atoms with Crippen molar-refractivity contribution in [2.24, 2.45) is 0 Å². The van der Waals surface area contributed by atoms with Crippen molar-refractivity contribution in [3.63, 3.8) is 0 Å². The highest BCUT2D eigenvalue weighted by atomic mass is 16.5. The predicted octanol–water partition coefficient (Wildman–Crippen LogP) is 1.88. The molecule has 96 valence electrons. The molecule has 3 nitrogen and oxygen atoms in total. The Kier molecular flexibility index (Phi) is 7.01. The van der Waals surface area contributed by atoms with Gasteiger partial charge in [0.2, 0.25) is 0 Å². The fraction of sp³-hybridized carbons (Fsp3) is 1.00. The Labute approximate surface area is 101 Å². The summed E-state index contributed by atoms with van der Waals surface area (Å²) in [5.74, 6) is 0. The van der Waals surface area contributed by atoms with E-state index in [2.05, 4.69) is 24.1 Å². The Morgan fingerprint density at radius 3 is 2.94 bits per heavy atom. The molecule has 2 unspecified atom stereocenters. The first-order valence-electron chi connectivity index (χ1n) is 6.76. The summed E-state index contributed by atoms with van der Waals surface area (Å²) in [6.45, 7) is 8.93. The van der Waals surface area contributed by atoms with Crippen molar-refractivity contribution in [3.8, 4) is 0 Å². The van der Waals surface area contributed by atoms with Crippen LogP contribution < -0.4 is 5.32 Å². The molecule has 1 rings (SSSR count). The maximum Gasteiger partial charge on any atom is 0.0474 e. The third-order valence-corrected chi connectivity index (χ3v) is 3.56. The van der Waals surface area contributed by atoms with E-state index in [4.69, 9.17) is 4.74 Å². The zero-order chi connectivity index (χ0) is 11.8. The second-order valence-electron chi connectivity index (χ2n) is 4.79. The van der Waals surface area contributed by atoms with Crippen LogP contribution in [0.5, 0.6) is 0 Å².